The van der Waals surface area contributed by atoms with E-state index in [1.807, 2.05) is 0 Å². The molecule has 0 atom stereocenters. The van der Waals surface area contributed by atoms with Crippen LogP contribution >= 0.6 is 0 Å². The molecule has 3 N–H and O–H groups in total. The summed E-state index contributed by atoms with van der Waals surface area (Å²) < 4.78 is 15.9. The number of anilines is 1. The Morgan fingerprint density at radius 1 is 1.23 bits per heavy atom. The number of nitrogens with zero attached hydrogens (tertiary/aromatic N) is 1. The lowest BCUT2D eigenvalue weighted by molar-refractivity contribution is -0.147. The van der Waals surface area contributed by atoms with Crippen LogP contribution in [-0.2, 0) is 19.1 Å². The van der Waals surface area contributed by atoms with E-state index in [0.29, 0.717) is 37.1 Å². The number of nitrogens with one attached hydrogen (secondary N) is 1. The van der Waals surface area contributed by atoms with Crippen molar-refractivity contribution in [2.45, 2.75) is 31.8 Å². The molecule has 1 saturated carbocycles. The number of carbonyl (C=O) groups is 3. The van der Waals surface area contributed by atoms with Crippen molar-refractivity contribution in [2.75, 3.05) is 26.1 Å². The van der Waals surface area contributed by atoms with Crippen LogP contribution in [0.15, 0.2) is 12.3 Å². The summed E-state index contributed by atoms with van der Waals surface area (Å²) in [4.78, 5) is 38.5. The van der Waals surface area contributed by atoms with Gasteiger partial charge in [-0.05, 0) is 25.7 Å². The van der Waals surface area contributed by atoms with Gasteiger partial charge in [-0.15, -0.1) is 0 Å². The number of rotatable bonds is 7. The van der Waals surface area contributed by atoms with Gasteiger partial charge in [-0.2, -0.15) is 0 Å². The van der Waals surface area contributed by atoms with Crippen LogP contribution in [0, 0.1) is 5.92 Å². The van der Waals surface area contributed by atoms with Crippen LogP contribution < -0.4 is 20.5 Å². The van der Waals surface area contributed by atoms with Gasteiger partial charge in [0.1, 0.15) is 6.10 Å². The van der Waals surface area contributed by atoms with Crippen LogP contribution in [0.4, 0.5) is 5.69 Å². The van der Waals surface area contributed by atoms with Crippen molar-refractivity contribution < 1.29 is 28.6 Å². The molecule has 0 bridgehead atoms. The molecule has 0 saturated heterocycles. The highest BCUT2D eigenvalue weighted by molar-refractivity contribution is 6.41. The van der Waals surface area contributed by atoms with Gasteiger partial charge in [0.15, 0.2) is 5.75 Å². The molecule has 9 nitrogen and oxygen atoms in total. The molecule has 0 unspecified atom stereocenters. The molecule has 26 heavy (non-hydrogen) atoms. The second kappa shape index (κ2) is 9.14. The average molecular weight is 365 g/mol. The number of esters is 1. The van der Waals surface area contributed by atoms with Gasteiger partial charge in [0.25, 0.3) is 11.8 Å². The fourth-order valence-electron chi connectivity index (χ4n) is 2.77. The molecule has 142 valence electrons. The maximum Gasteiger partial charge on any atom is 0.308 e. The number of methoxy groups -OCH3 is 2. The number of pyridine rings is 1. The summed E-state index contributed by atoms with van der Waals surface area (Å²) in [6, 6.07) is 1.52. The Bertz CT molecular complexity index is 670. The Balaban J connectivity index is 1.99. The normalized spacial score (nSPS) is 19.3. The number of hydrogen-bond acceptors (Lipinski definition) is 8. The van der Waals surface area contributed by atoms with Crippen LogP contribution in [0.25, 0.3) is 0 Å². The van der Waals surface area contributed by atoms with Crippen LogP contribution in [0.1, 0.15) is 25.7 Å². The fourth-order valence-corrected chi connectivity index (χ4v) is 2.77. The number of Topliss-reactive ketones (excluding diaryl/α,β-unsaturated/α-hetero) is 1. The van der Waals surface area contributed by atoms with Crippen molar-refractivity contribution in [3.8, 4) is 11.6 Å². The quantitative estimate of drug-likeness (QED) is 0.532. The van der Waals surface area contributed by atoms with Crippen molar-refractivity contribution in [3.05, 3.63) is 12.3 Å². The summed E-state index contributed by atoms with van der Waals surface area (Å²) >= 11 is 0. The summed E-state index contributed by atoms with van der Waals surface area (Å²) in [6.07, 6.45) is 4.07. The van der Waals surface area contributed by atoms with Crippen molar-refractivity contribution in [3.63, 3.8) is 0 Å². The van der Waals surface area contributed by atoms with E-state index >= 15 is 0 Å². The zero-order chi connectivity index (χ0) is 19.1. The van der Waals surface area contributed by atoms with Crippen molar-refractivity contribution in [1.29, 1.82) is 0 Å². The van der Waals surface area contributed by atoms with Crippen LogP contribution in [0.3, 0.4) is 0 Å². The molecular weight excluding hydrogens is 342 g/mol. The lowest BCUT2D eigenvalue weighted by Crippen LogP contribution is -2.29. The molecule has 0 radical (unpaired) electrons. The maximum atomic E-state index is 11.6. The molecule has 1 amide bonds. The predicted octanol–water partition coefficient (Wildman–Crippen LogP) is 0.667. The number of nitrogens with two attached hydrogens (primary N) is 1. The molecular formula is C17H23N3O6. The Hall–Kier alpha value is -2.68. The SMILES string of the molecule is COC(=O)C1CCC(Oc2ncc(NC(=O)C(=O)CN)cc2OC)CC1. The van der Waals surface area contributed by atoms with E-state index in [-0.39, 0.29) is 30.4 Å². The Kier molecular flexibility index (Phi) is 6.90. The topological polar surface area (TPSA) is 130 Å². The largest absolute Gasteiger partial charge is 0.491 e. The van der Waals surface area contributed by atoms with Gasteiger partial charge in [0.2, 0.25) is 5.78 Å². The summed E-state index contributed by atoms with van der Waals surface area (Å²) in [5.74, 6) is -1.20. The van der Waals surface area contributed by atoms with Crippen molar-refractivity contribution in [2.24, 2.45) is 11.7 Å². The van der Waals surface area contributed by atoms with E-state index in [2.05, 4.69) is 10.3 Å². The van der Waals surface area contributed by atoms with Crippen LogP contribution in [0.5, 0.6) is 11.6 Å². The maximum absolute atomic E-state index is 11.6. The highest BCUT2D eigenvalue weighted by Gasteiger charge is 2.28. The second-order valence-corrected chi connectivity index (χ2v) is 5.93. The molecule has 2 rings (SSSR count). The predicted molar refractivity (Wildman–Crippen MR) is 91.9 cm³/mol. The third kappa shape index (κ3) is 4.92. The van der Waals surface area contributed by atoms with E-state index in [0.717, 1.165) is 0 Å². The minimum atomic E-state index is -0.814. The first-order valence-corrected chi connectivity index (χ1v) is 8.31. The lowest BCUT2D eigenvalue weighted by atomic mass is 9.87. The lowest BCUT2D eigenvalue weighted by Gasteiger charge is -2.27. The molecule has 1 aromatic heterocycles. The van der Waals surface area contributed by atoms with E-state index in [9.17, 15) is 14.4 Å². The second-order valence-electron chi connectivity index (χ2n) is 5.93. The van der Waals surface area contributed by atoms with Gasteiger partial charge >= 0.3 is 5.97 Å². The summed E-state index contributed by atoms with van der Waals surface area (Å²) in [6.45, 7) is -0.369. The molecule has 0 aromatic carbocycles. The molecule has 1 aromatic rings. The fraction of sp³-hybridized carbons (Fsp3) is 0.529. The van der Waals surface area contributed by atoms with Gasteiger partial charge < -0.3 is 25.3 Å². The highest BCUT2D eigenvalue weighted by Crippen LogP contribution is 2.32. The Morgan fingerprint density at radius 3 is 2.50 bits per heavy atom. The van der Waals surface area contributed by atoms with Gasteiger partial charge in [0, 0.05) is 6.07 Å². The number of hydrogen-bond donors (Lipinski definition) is 2. The molecule has 1 fully saturated rings. The molecule has 1 aliphatic rings. The number of carbonyl (C=O) groups excluding carboxylic acids is 3. The first kappa shape index (κ1) is 19.6. The zero-order valence-corrected chi connectivity index (χ0v) is 14.8. The van der Waals surface area contributed by atoms with Gasteiger partial charge in [-0.25, -0.2) is 4.98 Å². The molecule has 0 spiro atoms. The molecule has 1 aliphatic carbocycles. The monoisotopic (exact) mass is 365 g/mol. The minimum Gasteiger partial charge on any atom is -0.491 e. The average Bonchev–Trinajstić information content (AvgIpc) is 2.68. The molecule has 0 aliphatic heterocycles. The smallest absolute Gasteiger partial charge is 0.308 e. The Labute approximate surface area is 151 Å². The number of ether oxygens (including phenoxy) is 3. The standard InChI is InChI=1S/C17H23N3O6/c1-24-14-7-11(20-15(22)13(21)8-18)9-19-16(14)26-12-5-3-10(4-6-12)17(23)25-2/h7,9-10,12H,3-6,8,18H2,1-2H3,(H,20,22). The summed E-state index contributed by atoms with van der Waals surface area (Å²) in [5, 5.41) is 2.40. The van der Waals surface area contributed by atoms with Crippen molar-refractivity contribution in [1.82, 2.24) is 4.98 Å². The molecule has 9 heteroatoms. The number of amides is 1. The van der Waals surface area contributed by atoms with E-state index in [1.165, 1.54) is 26.5 Å². The first-order valence-electron chi connectivity index (χ1n) is 8.31. The highest BCUT2D eigenvalue weighted by atomic mass is 16.5. The summed E-state index contributed by atoms with van der Waals surface area (Å²) in [5.41, 5.74) is 5.45. The van der Waals surface area contributed by atoms with E-state index in [1.54, 1.807) is 0 Å². The summed E-state index contributed by atoms with van der Waals surface area (Å²) in [7, 11) is 2.84. The van der Waals surface area contributed by atoms with Crippen LogP contribution in [0.2, 0.25) is 0 Å². The minimum absolute atomic E-state index is 0.0865. The van der Waals surface area contributed by atoms with E-state index in [4.69, 9.17) is 19.9 Å². The number of aromatic nitrogens is 1. The number of ketones is 1. The van der Waals surface area contributed by atoms with E-state index < -0.39 is 11.7 Å². The third-order valence-electron chi connectivity index (χ3n) is 4.22. The Morgan fingerprint density at radius 2 is 1.92 bits per heavy atom. The van der Waals surface area contributed by atoms with Crippen molar-refractivity contribution >= 4 is 23.3 Å². The third-order valence-corrected chi connectivity index (χ3v) is 4.22. The van der Waals surface area contributed by atoms with Gasteiger partial charge in [0.05, 0.1) is 38.6 Å². The van der Waals surface area contributed by atoms with Gasteiger partial charge in [-0.1, -0.05) is 0 Å². The first-order chi connectivity index (χ1) is 12.5. The molecule has 1 heterocycles. The zero-order valence-electron chi connectivity index (χ0n) is 14.8. The van der Waals surface area contributed by atoms with Gasteiger partial charge in [-0.3, -0.25) is 14.4 Å². The van der Waals surface area contributed by atoms with Crippen LogP contribution in [-0.4, -0.2) is 49.5 Å².